The summed E-state index contributed by atoms with van der Waals surface area (Å²) in [5.41, 5.74) is 2.51. The van der Waals surface area contributed by atoms with Gasteiger partial charge in [-0.1, -0.05) is 23.5 Å². The van der Waals surface area contributed by atoms with Crippen molar-refractivity contribution in [3.05, 3.63) is 33.7 Å². The summed E-state index contributed by atoms with van der Waals surface area (Å²) in [6.45, 7) is 2.78. The van der Waals surface area contributed by atoms with Crippen molar-refractivity contribution in [3.8, 4) is 0 Å². The third-order valence-electron chi connectivity index (χ3n) is 3.11. The van der Waals surface area contributed by atoms with Crippen LogP contribution in [0.25, 0.3) is 0 Å². The van der Waals surface area contributed by atoms with Crippen LogP contribution in [0, 0.1) is 0 Å². The van der Waals surface area contributed by atoms with Gasteiger partial charge in [0.15, 0.2) is 0 Å². The lowest BCUT2D eigenvalue weighted by molar-refractivity contribution is 0.727. The molecule has 1 aliphatic heterocycles. The topological polar surface area (TPSA) is 32.3 Å². The maximum Gasteiger partial charge on any atom is 0.207 e. The minimum absolute atomic E-state index is 0.507. The number of hydrogen-bond donors (Lipinski definition) is 0. The van der Waals surface area contributed by atoms with E-state index in [4.69, 9.17) is 11.6 Å². The minimum atomic E-state index is 0.507. The van der Waals surface area contributed by atoms with Crippen LogP contribution in [0.1, 0.15) is 5.01 Å². The molecule has 2 aromatic rings. The molecule has 6 heteroatoms. The predicted octanol–water partition coefficient (Wildman–Crippen LogP) is 2.65. The summed E-state index contributed by atoms with van der Waals surface area (Å²) in [5, 5.41) is 8.89. The van der Waals surface area contributed by atoms with Crippen LogP contribution in [0.2, 0.25) is 4.47 Å². The first-order valence-corrected chi connectivity index (χ1v) is 6.96. The molecule has 0 amide bonds. The van der Waals surface area contributed by atoms with Crippen LogP contribution in [-0.4, -0.2) is 30.3 Å². The Bertz CT molecular complexity index is 557. The fraction of sp³-hybridized carbons (Fsp3) is 0.333. The first kappa shape index (κ1) is 11.7. The number of rotatable bonds is 2. The van der Waals surface area contributed by atoms with Gasteiger partial charge in [0, 0.05) is 20.1 Å². The third-order valence-corrected chi connectivity index (χ3v) is 4.11. The molecule has 0 N–H and O–H groups in total. The van der Waals surface area contributed by atoms with Gasteiger partial charge in [0.05, 0.1) is 17.9 Å². The zero-order valence-corrected chi connectivity index (χ0v) is 11.6. The molecule has 0 unspecified atom stereocenters. The molecule has 2 heterocycles. The lowest BCUT2D eigenvalue weighted by Crippen LogP contribution is -2.38. The zero-order valence-electron chi connectivity index (χ0n) is 10.0. The lowest BCUT2D eigenvalue weighted by atomic mass is 10.2. The monoisotopic (exact) mass is 280 g/mol. The highest BCUT2D eigenvalue weighted by Gasteiger charge is 2.20. The Hall–Kier alpha value is -1.33. The molecule has 4 nitrogen and oxygen atoms in total. The number of fused-ring (bicyclic) bond motifs is 1. The van der Waals surface area contributed by atoms with Crippen LogP contribution in [0.5, 0.6) is 0 Å². The molecular formula is C12H13ClN4S. The number of anilines is 2. The Morgan fingerprint density at radius 3 is 2.72 bits per heavy atom. The van der Waals surface area contributed by atoms with Gasteiger partial charge in [-0.25, -0.2) is 0 Å². The van der Waals surface area contributed by atoms with Gasteiger partial charge in [-0.05, 0) is 23.7 Å². The van der Waals surface area contributed by atoms with E-state index < -0.39 is 0 Å². The first-order chi connectivity index (χ1) is 8.74. The molecule has 94 valence electrons. The van der Waals surface area contributed by atoms with Crippen molar-refractivity contribution in [1.82, 2.24) is 10.2 Å². The van der Waals surface area contributed by atoms with Crippen LogP contribution < -0.4 is 9.80 Å². The Balaban J connectivity index is 1.88. The third kappa shape index (κ3) is 2.15. The highest BCUT2D eigenvalue weighted by atomic mass is 35.5. The number of likely N-dealkylation sites (N-methyl/N-ethyl adjacent to an activating group) is 1. The van der Waals surface area contributed by atoms with Crippen molar-refractivity contribution in [2.24, 2.45) is 0 Å². The van der Waals surface area contributed by atoms with Crippen molar-refractivity contribution in [1.29, 1.82) is 0 Å². The Kier molecular flexibility index (Phi) is 3.09. The molecule has 0 aliphatic carbocycles. The second-order valence-electron chi connectivity index (χ2n) is 4.28. The number of nitrogens with zero attached hydrogens (tertiary/aromatic N) is 4. The van der Waals surface area contributed by atoms with Crippen LogP contribution in [-0.2, 0) is 6.54 Å². The van der Waals surface area contributed by atoms with Gasteiger partial charge in [0.1, 0.15) is 5.01 Å². The predicted molar refractivity (Wildman–Crippen MR) is 75.7 cm³/mol. The maximum atomic E-state index is 5.82. The number of para-hydroxylation sites is 2. The Labute approximate surface area is 115 Å². The second kappa shape index (κ2) is 4.74. The molecule has 1 aliphatic rings. The zero-order chi connectivity index (χ0) is 12.5. The lowest BCUT2D eigenvalue weighted by Gasteiger charge is -2.36. The molecule has 18 heavy (non-hydrogen) atoms. The highest BCUT2D eigenvalue weighted by Crippen LogP contribution is 2.33. The molecule has 3 rings (SSSR count). The van der Waals surface area contributed by atoms with Gasteiger partial charge < -0.3 is 9.80 Å². The average molecular weight is 281 g/mol. The summed E-state index contributed by atoms with van der Waals surface area (Å²) in [7, 11) is 2.12. The maximum absolute atomic E-state index is 5.82. The fourth-order valence-corrected chi connectivity index (χ4v) is 3.07. The number of hydrogen-bond acceptors (Lipinski definition) is 5. The molecule has 0 bridgehead atoms. The first-order valence-electron chi connectivity index (χ1n) is 5.77. The molecule has 0 atom stereocenters. The molecule has 0 saturated heterocycles. The van der Waals surface area contributed by atoms with Crippen LogP contribution in [0.4, 0.5) is 11.4 Å². The summed E-state index contributed by atoms with van der Waals surface area (Å²) >= 11 is 7.26. The molecule has 0 fully saturated rings. The largest absolute Gasteiger partial charge is 0.371 e. The molecular weight excluding hydrogens is 268 g/mol. The van der Waals surface area contributed by atoms with E-state index in [9.17, 15) is 0 Å². The quantitative estimate of drug-likeness (QED) is 0.847. The summed E-state index contributed by atoms with van der Waals surface area (Å²) in [4.78, 5) is 4.60. The van der Waals surface area contributed by atoms with E-state index >= 15 is 0 Å². The summed E-state index contributed by atoms with van der Waals surface area (Å²) < 4.78 is 0.507. The molecule has 0 radical (unpaired) electrons. The van der Waals surface area contributed by atoms with Gasteiger partial charge in [-0.3, -0.25) is 0 Å². The van der Waals surface area contributed by atoms with Gasteiger partial charge in [-0.2, -0.15) is 0 Å². The van der Waals surface area contributed by atoms with Crippen molar-refractivity contribution >= 4 is 34.3 Å². The van der Waals surface area contributed by atoms with E-state index in [0.717, 1.165) is 24.6 Å². The molecule has 0 spiro atoms. The van der Waals surface area contributed by atoms with E-state index in [1.165, 1.54) is 22.7 Å². The van der Waals surface area contributed by atoms with E-state index in [1.807, 2.05) is 0 Å². The average Bonchev–Trinajstić information content (AvgIpc) is 2.79. The van der Waals surface area contributed by atoms with Crippen LogP contribution >= 0.6 is 22.9 Å². The van der Waals surface area contributed by atoms with E-state index in [2.05, 4.69) is 51.3 Å². The van der Waals surface area contributed by atoms with E-state index in [-0.39, 0.29) is 0 Å². The van der Waals surface area contributed by atoms with Gasteiger partial charge in [-0.15, -0.1) is 10.2 Å². The molecule has 1 aromatic carbocycles. The van der Waals surface area contributed by atoms with Crippen molar-refractivity contribution in [2.45, 2.75) is 6.54 Å². The Morgan fingerprint density at radius 2 is 2.00 bits per heavy atom. The van der Waals surface area contributed by atoms with Crippen molar-refractivity contribution in [3.63, 3.8) is 0 Å². The molecule has 0 saturated carbocycles. The molecule has 1 aromatic heterocycles. The van der Waals surface area contributed by atoms with Crippen LogP contribution in [0.3, 0.4) is 0 Å². The van der Waals surface area contributed by atoms with E-state index in [1.54, 1.807) is 0 Å². The minimum Gasteiger partial charge on any atom is -0.371 e. The van der Waals surface area contributed by atoms with E-state index in [0.29, 0.717) is 4.47 Å². The van der Waals surface area contributed by atoms with Gasteiger partial charge >= 0.3 is 0 Å². The van der Waals surface area contributed by atoms with Crippen molar-refractivity contribution in [2.75, 3.05) is 29.9 Å². The van der Waals surface area contributed by atoms with Crippen molar-refractivity contribution < 1.29 is 0 Å². The summed E-state index contributed by atoms with van der Waals surface area (Å²) in [6.07, 6.45) is 0. The van der Waals surface area contributed by atoms with Gasteiger partial charge in [0.2, 0.25) is 4.47 Å². The SMILES string of the molecule is CN1CCN(Cc2nnc(Cl)s2)c2ccccc21. The fourth-order valence-electron chi connectivity index (χ4n) is 2.19. The smallest absolute Gasteiger partial charge is 0.207 e. The summed E-state index contributed by atoms with van der Waals surface area (Å²) in [6, 6.07) is 8.43. The summed E-state index contributed by atoms with van der Waals surface area (Å²) in [5.74, 6) is 0. The van der Waals surface area contributed by atoms with Gasteiger partial charge in [0.25, 0.3) is 0 Å². The number of halogens is 1. The highest BCUT2D eigenvalue weighted by molar-refractivity contribution is 7.15. The standard InChI is InChI=1S/C12H13ClN4S/c1-16-6-7-17(8-11-14-15-12(13)18-11)10-5-3-2-4-9(10)16/h2-5H,6-8H2,1H3. The van der Waals surface area contributed by atoms with Crippen LogP contribution in [0.15, 0.2) is 24.3 Å². The Morgan fingerprint density at radius 1 is 1.22 bits per heavy atom. The second-order valence-corrected chi connectivity index (χ2v) is 5.92. The normalized spacial score (nSPS) is 14.8. The number of aromatic nitrogens is 2. The number of benzene rings is 1.